The predicted molar refractivity (Wildman–Crippen MR) is 134 cm³/mol. The van der Waals surface area contributed by atoms with Gasteiger partial charge in [-0.15, -0.1) is 0 Å². The van der Waals surface area contributed by atoms with Crippen molar-refractivity contribution in [3.8, 4) is 0 Å². The minimum absolute atomic E-state index is 0.0603. The Morgan fingerprint density at radius 3 is 2.11 bits per heavy atom. The molecule has 14 heteroatoms. The summed E-state index contributed by atoms with van der Waals surface area (Å²) < 4.78 is 0. The van der Waals surface area contributed by atoms with Gasteiger partial charge in [0, 0.05) is 6.54 Å². The van der Waals surface area contributed by atoms with Crippen LogP contribution in [0, 0.1) is 5.92 Å². The van der Waals surface area contributed by atoms with Crippen LogP contribution in [0.3, 0.4) is 0 Å². The molecule has 0 spiro atoms. The second kappa shape index (κ2) is 15.5. The molecule has 1 aliphatic rings. The van der Waals surface area contributed by atoms with Crippen molar-refractivity contribution in [1.29, 1.82) is 0 Å². The van der Waals surface area contributed by atoms with Crippen LogP contribution in [0.5, 0.6) is 0 Å². The zero-order chi connectivity index (χ0) is 27.3. The van der Waals surface area contributed by atoms with E-state index in [0.717, 1.165) is 0 Å². The molecule has 0 unspecified atom stereocenters. The van der Waals surface area contributed by atoms with Gasteiger partial charge in [0.2, 0.25) is 17.7 Å². The van der Waals surface area contributed by atoms with Gasteiger partial charge in [0.05, 0.1) is 25.2 Å². The number of guanidine groups is 2. The van der Waals surface area contributed by atoms with Crippen LogP contribution in [0.1, 0.15) is 52.4 Å². The molecule has 0 saturated carbocycles. The first-order valence-electron chi connectivity index (χ1n) is 12.3. The first-order chi connectivity index (χ1) is 17.0. The Morgan fingerprint density at radius 2 is 1.58 bits per heavy atom. The third-order valence-corrected chi connectivity index (χ3v) is 5.99. The summed E-state index contributed by atoms with van der Waals surface area (Å²) in [5, 5.41) is 5.46. The van der Waals surface area contributed by atoms with Gasteiger partial charge in [0.1, 0.15) is 18.4 Å². The second-order valence-corrected chi connectivity index (χ2v) is 9.32. The quantitative estimate of drug-likeness (QED) is 0.0437. The molecule has 0 aromatic carbocycles. The molecular formula is C22H44N10O4+2. The Labute approximate surface area is 211 Å². The highest BCUT2D eigenvalue weighted by Gasteiger charge is 2.38. The van der Waals surface area contributed by atoms with E-state index in [-0.39, 0.29) is 23.7 Å². The van der Waals surface area contributed by atoms with Crippen LogP contribution in [0.4, 0.5) is 0 Å². The third kappa shape index (κ3) is 10.5. The lowest BCUT2D eigenvalue weighted by Gasteiger charge is -2.30. The third-order valence-electron chi connectivity index (χ3n) is 5.99. The first-order valence-corrected chi connectivity index (χ1v) is 12.3. The number of carbonyl (C=O) groups excluding carboxylic acids is 4. The van der Waals surface area contributed by atoms with E-state index in [2.05, 4.69) is 20.6 Å². The van der Waals surface area contributed by atoms with Gasteiger partial charge >= 0.3 is 11.9 Å². The molecule has 204 valence electrons. The van der Waals surface area contributed by atoms with Crippen molar-refractivity contribution in [1.82, 2.24) is 15.5 Å². The van der Waals surface area contributed by atoms with Crippen molar-refractivity contribution in [3.63, 3.8) is 0 Å². The lowest BCUT2D eigenvalue weighted by Crippen LogP contribution is -2.78. The zero-order valence-corrected chi connectivity index (χ0v) is 21.3. The number of nitrogens with zero attached hydrogens (tertiary/aromatic N) is 1. The van der Waals surface area contributed by atoms with Crippen LogP contribution in [0.25, 0.3) is 0 Å². The number of nitrogens with one attached hydrogen (secondary N) is 4. The standard InChI is InChI=1S/C22H42N10O4/c1-13(2)17(23)19(35)31-15(7-4-10-29-22(26)27)20(36)32-11-5-8-16(32)18(34)30-14(12-33)6-3-9-28-21(24)25/h12-17H,3-11,23H2,1-2H3,(H,30,34)(H,31,35)(H4,24,25,28)(H4,26,27,29)/p+2/t14-,15-,16-,17-/m0/s1. The van der Waals surface area contributed by atoms with Crippen molar-refractivity contribution >= 4 is 35.9 Å². The van der Waals surface area contributed by atoms with E-state index < -0.39 is 36.0 Å². The summed E-state index contributed by atoms with van der Waals surface area (Å²) in [5.74, 6) is -1.20. The summed E-state index contributed by atoms with van der Waals surface area (Å²) in [5.41, 5.74) is 27.5. The monoisotopic (exact) mass is 512 g/mol. The van der Waals surface area contributed by atoms with Gasteiger partial charge in [0.25, 0.3) is 0 Å². The largest absolute Gasteiger partial charge is 0.345 e. The normalized spacial score (nSPS) is 17.6. The molecule has 1 fully saturated rings. The summed E-state index contributed by atoms with van der Waals surface area (Å²) in [6.45, 7) is 4.86. The lowest BCUT2D eigenvalue weighted by molar-refractivity contribution is -0.460. The highest BCUT2D eigenvalue weighted by atomic mass is 16.2. The highest BCUT2D eigenvalue weighted by molar-refractivity contribution is 5.94. The van der Waals surface area contributed by atoms with Crippen LogP contribution < -0.4 is 49.3 Å². The molecule has 0 aromatic heterocycles. The van der Waals surface area contributed by atoms with Crippen molar-refractivity contribution in [3.05, 3.63) is 0 Å². The number of nitrogens with two attached hydrogens (primary N) is 5. The summed E-state index contributed by atoms with van der Waals surface area (Å²) >= 11 is 0. The summed E-state index contributed by atoms with van der Waals surface area (Å²) in [6, 6.07) is -3.10. The van der Waals surface area contributed by atoms with Crippen LogP contribution in [-0.4, -0.2) is 84.6 Å². The molecule has 0 aromatic rings. The topological polar surface area (TPSA) is 254 Å². The number of aldehydes is 1. The number of hydrogen-bond donors (Lipinski definition) is 9. The van der Waals surface area contributed by atoms with E-state index in [1.165, 1.54) is 4.90 Å². The van der Waals surface area contributed by atoms with Gasteiger partial charge in [-0.3, -0.25) is 47.3 Å². The van der Waals surface area contributed by atoms with E-state index in [1.807, 2.05) is 13.8 Å². The lowest BCUT2D eigenvalue weighted by atomic mass is 10.0. The zero-order valence-electron chi connectivity index (χ0n) is 21.3. The van der Waals surface area contributed by atoms with Gasteiger partial charge in [-0.05, 0) is 44.4 Å². The Hall–Kier alpha value is -3.42. The fourth-order valence-corrected chi connectivity index (χ4v) is 3.88. The number of likely N-dealkylation sites (tertiary alicyclic amines) is 1. The number of hydrogen-bond acceptors (Lipinski definition) is 5. The van der Waals surface area contributed by atoms with E-state index in [0.29, 0.717) is 64.4 Å². The minimum atomic E-state index is -0.873. The van der Waals surface area contributed by atoms with Crippen molar-refractivity contribution < 1.29 is 29.2 Å². The molecule has 1 aliphatic heterocycles. The molecule has 0 aliphatic carbocycles. The molecule has 1 saturated heterocycles. The second-order valence-electron chi connectivity index (χ2n) is 9.32. The predicted octanol–water partition coefficient (Wildman–Crippen LogP) is -6.60. The minimum Gasteiger partial charge on any atom is -0.345 e. The maximum Gasteiger partial charge on any atom is 0.338 e. The van der Waals surface area contributed by atoms with Crippen LogP contribution >= 0.6 is 0 Å². The summed E-state index contributed by atoms with van der Waals surface area (Å²) in [7, 11) is 0. The average molecular weight is 513 g/mol. The van der Waals surface area contributed by atoms with Crippen molar-refractivity contribution in [2.24, 2.45) is 34.6 Å². The van der Waals surface area contributed by atoms with E-state index >= 15 is 0 Å². The van der Waals surface area contributed by atoms with E-state index in [1.54, 1.807) is 0 Å². The van der Waals surface area contributed by atoms with E-state index in [4.69, 9.17) is 28.7 Å². The fraction of sp³-hybridized carbons (Fsp3) is 0.727. The molecule has 3 amide bonds. The highest BCUT2D eigenvalue weighted by Crippen LogP contribution is 2.20. The Morgan fingerprint density at radius 1 is 1.00 bits per heavy atom. The van der Waals surface area contributed by atoms with E-state index in [9.17, 15) is 19.2 Å². The van der Waals surface area contributed by atoms with Gasteiger partial charge in [0.15, 0.2) is 0 Å². The van der Waals surface area contributed by atoms with Gasteiger partial charge in [-0.1, -0.05) is 13.8 Å². The molecule has 14 N–H and O–H groups in total. The summed E-state index contributed by atoms with van der Waals surface area (Å²) in [4.78, 5) is 57.5. The number of carbonyl (C=O) groups is 4. The molecule has 4 atom stereocenters. The smallest absolute Gasteiger partial charge is 0.338 e. The average Bonchev–Trinajstić information content (AvgIpc) is 3.31. The van der Waals surface area contributed by atoms with Crippen molar-refractivity contribution in [2.75, 3.05) is 19.6 Å². The van der Waals surface area contributed by atoms with Gasteiger partial charge < -0.3 is 26.1 Å². The molecular weight excluding hydrogens is 468 g/mol. The van der Waals surface area contributed by atoms with Gasteiger partial charge in [-0.25, -0.2) is 0 Å². The summed E-state index contributed by atoms with van der Waals surface area (Å²) in [6.07, 6.45) is 3.47. The first kappa shape index (κ1) is 30.6. The number of rotatable bonds is 15. The molecule has 0 bridgehead atoms. The molecule has 0 radical (unpaired) electrons. The molecule has 36 heavy (non-hydrogen) atoms. The molecule has 1 rings (SSSR count). The maximum absolute atomic E-state index is 13.5. The van der Waals surface area contributed by atoms with Crippen LogP contribution in [0.15, 0.2) is 0 Å². The fourth-order valence-electron chi connectivity index (χ4n) is 3.88. The van der Waals surface area contributed by atoms with Crippen LogP contribution in [0.2, 0.25) is 0 Å². The Balaban J connectivity index is 2.89. The number of amides is 3. The maximum atomic E-state index is 13.5. The van der Waals surface area contributed by atoms with Crippen LogP contribution in [-0.2, 0) is 19.2 Å². The van der Waals surface area contributed by atoms with Crippen molar-refractivity contribution in [2.45, 2.75) is 76.5 Å². The Bertz CT molecular complexity index is 809. The van der Waals surface area contributed by atoms with Gasteiger partial charge in [-0.2, -0.15) is 0 Å². The SMILES string of the molecule is CC(C)[C@H](N)C(=O)N[C@@H](CCC[NH+]=C(N)N)C(=O)N1CCC[C@H]1C(=O)N[C@H](C=O)CCC[NH+]=C(N)N. The molecule has 14 nitrogen and oxygen atoms in total. The molecule has 1 heterocycles. The Kier molecular flexibility index (Phi) is 13.2.